The van der Waals surface area contributed by atoms with E-state index in [4.69, 9.17) is 16.2 Å². The van der Waals surface area contributed by atoms with Crippen LogP contribution in [0.4, 0.5) is 0 Å². The van der Waals surface area contributed by atoms with E-state index in [1.165, 1.54) is 0 Å². The number of benzene rings is 1. The van der Waals surface area contributed by atoms with Gasteiger partial charge in [-0.2, -0.15) is 0 Å². The third-order valence-corrected chi connectivity index (χ3v) is 2.00. The lowest BCUT2D eigenvalue weighted by Crippen LogP contribution is -2.15. The predicted octanol–water partition coefficient (Wildman–Crippen LogP) is 1.47. The van der Waals surface area contributed by atoms with Crippen LogP contribution in [0.3, 0.4) is 0 Å². The first-order valence-electron chi connectivity index (χ1n) is 4.37. The van der Waals surface area contributed by atoms with Crippen LogP contribution in [0.25, 0.3) is 0 Å². The van der Waals surface area contributed by atoms with Crippen LogP contribution >= 0.6 is 12.4 Å². The average Bonchev–Trinajstić information content (AvgIpc) is 2.18. The molecule has 0 saturated heterocycles. The molecule has 3 nitrogen and oxygen atoms in total. The maximum atomic E-state index is 5.89. The highest BCUT2D eigenvalue weighted by atomic mass is 35.5. The van der Waals surface area contributed by atoms with Gasteiger partial charge in [0.25, 0.3) is 0 Å². The third kappa shape index (κ3) is 3.54. The molecule has 1 rings (SSSR count). The smallest absolute Gasteiger partial charge is 0.119 e. The third-order valence-electron chi connectivity index (χ3n) is 2.00. The molecule has 0 heterocycles. The van der Waals surface area contributed by atoms with Crippen molar-refractivity contribution in [2.24, 2.45) is 11.5 Å². The molecule has 14 heavy (non-hydrogen) atoms. The van der Waals surface area contributed by atoms with E-state index in [-0.39, 0.29) is 18.4 Å². The largest absolute Gasteiger partial charge is 0.497 e. The quantitative estimate of drug-likeness (QED) is 0.801. The number of nitrogens with two attached hydrogens (primary N) is 2. The number of rotatable bonds is 4. The summed E-state index contributed by atoms with van der Waals surface area (Å²) in [5, 5.41) is 0. The Balaban J connectivity index is 0.00000169. The molecule has 0 aliphatic rings. The maximum Gasteiger partial charge on any atom is 0.119 e. The lowest BCUT2D eigenvalue weighted by atomic mass is 10.0. The van der Waals surface area contributed by atoms with Crippen LogP contribution in [0.1, 0.15) is 18.0 Å². The summed E-state index contributed by atoms with van der Waals surface area (Å²) in [6.45, 7) is 0.610. The Bertz CT molecular complexity index is 268. The number of methoxy groups -OCH3 is 1. The van der Waals surface area contributed by atoms with Gasteiger partial charge in [0.15, 0.2) is 0 Å². The molecule has 0 aliphatic carbocycles. The van der Waals surface area contributed by atoms with Gasteiger partial charge < -0.3 is 16.2 Å². The summed E-state index contributed by atoms with van der Waals surface area (Å²) in [5.41, 5.74) is 12.4. The molecule has 4 heteroatoms. The van der Waals surface area contributed by atoms with Crippen LogP contribution in [0, 0.1) is 0 Å². The first-order chi connectivity index (χ1) is 6.27. The van der Waals surface area contributed by atoms with E-state index < -0.39 is 0 Å². The van der Waals surface area contributed by atoms with E-state index in [1.807, 2.05) is 24.3 Å². The first kappa shape index (κ1) is 13.2. The fourth-order valence-corrected chi connectivity index (χ4v) is 1.22. The molecule has 0 amide bonds. The molecule has 0 unspecified atom stereocenters. The van der Waals surface area contributed by atoms with Crippen LogP contribution < -0.4 is 16.2 Å². The van der Waals surface area contributed by atoms with Gasteiger partial charge in [0.2, 0.25) is 0 Å². The zero-order valence-electron chi connectivity index (χ0n) is 8.27. The van der Waals surface area contributed by atoms with Crippen molar-refractivity contribution in [2.45, 2.75) is 12.5 Å². The molecule has 0 radical (unpaired) electrons. The van der Waals surface area contributed by atoms with Gasteiger partial charge in [0, 0.05) is 6.04 Å². The van der Waals surface area contributed by atoms with Crippen LogP contribution in [-0.2, 0) is 0 Å². The molecule has 80 valence electrons. The second-order valence-electron chi connectivity index (χ2n) is 2.96. The van der Waals surface area contributed by atoms with Gasteiger partial charge in [0.05, 0.1) is 7.11 Å². The summed E-state index contributed by atoms with van der Waals surface area (Å²) in [4.78, 5) is 0. The van der Waals surface area contributed by atoms with Crippen LogP contribution in [-0.4, -0.2) is 13.7 Å². The molecule has 0 aromatic heterocycles. The molecular formula is C10H17ClN2O. The molecule has 4 N–H and O–H groups in total. The van der Waals surface area contributed by atoms with E-state index in [0.717, 1.165) is 17.7 Å². The lowest BCUT2D eigenvalue weighted by molar-refractivity contribution is 0.413. The minimum atomic E-state index is 0. The van der Waals surface area contributed by atoms with Crippen LogP contribution in [0.15, 0.2) is 24.3 Å². The van der Waals surface area contributed by atoms with E-state index in [0.29, 0.717) is 6.54 Å². The zero-order valence-corrected chi connectivity index (χ0v) is 9.09. The van der Waals surface area contributed by atoms with Crippen molar-refractivity contribution in [3.8, 4) is 5.75 Å². The second kappa shape index (κ2) is 6.65. The van der Waals surface area contributed by atoms with Gasteiger partial charge in [-0.25, -0.2) is 0 Å². The van der Waals surface area contributed by atoms with Gasteiger partial charge in [-0.3, -0.25) is 0 Å². The number of hydrogen-bond acceptors (Lipinski definition) is 3. The Kier molecular flexibility index (Phi) is 6.28. The van der Waals surface area contributed by atoms with Crippen molar-refractivity contribution in [1.29, 1.82) is 0 Å². The highest BCUT2D eigenvalue weighted by Crippen LogP contribution is 2.18. The standard InChI is InChI=1S/C10H16N2O.ClH/c1-13-9-4-2-3-8(7-9)10(12)5-6-11;/h2-4,7,10H,5-6,11-12H2,1H3;1H/t10-;/m0./s1. The number of halogens is 1. The summed E-state index contributed by atoms with van der Waals surface area (Å²) < 4.78 is 5.10. The normalized spacial score (nSPS) is 11.6. The monoisotopic (exact) mass is 216 g/mol. The predicted molar refractivity (Wildman–Crippen MR) is 60.8 cm³/mol. The number of ether oxygens (including phenoxy) is 1. The van der Waals surface area contributed by atoms with Gasteiger partial charge in [-0.1, -0.05) is 12.1 Å². The first-order valence-corrected chi connectivity index (χ1v) is 4.37. The fourth-order valence-electron chi connectivity index (χ4n) is 1.22. The molecule has 1 aromatic rings. The van der Waals surface area contributed by atoms with Gasteiger partial charge in [-0.15, -0.1) is 12.4 Å². The van der Waals surface area contributed by atoms with Gasteiger partial charge in [-0.05, 0) is 30.7 Å². The number of hydrogen-bond donors (Lipinski definition) is 2. The van der Waals surface area contributed by atoms with E-state index in [9.17, 15) is 0 Å². The van der Waals surface area contributed by atoms with Crippen molar-refractivity contribution >= 4 is 12.4 Å². The summed E-state index contributed by atoms with van der Waals surface area (Å²) in [6.07, 6.45) is 0.799. The van der Waals surface area contributed by atoms with E-state index >= 15 is 0 Å². The van der Waals surface area contributed by atoms with E-state index in [2.05, 4.69) is 0 Å². The van der Waals surface area contributed by atoms with Crippen molar-refractivity contribution in [1.82, 2.24) is 0 Å². The Morgan fingerprint density at radius 2 is 2.14 bits per heavy atom. The van der Waals surface area contributed by atoms with Crippen molar-refractivity contribution in [3.05, 3.63) is 29.8 Å². The molecule has 0 spiro atoms. The minimum absolute atomic E-state index is 0. The van der Waals surface area contributed by atoms with Crippen molar-refractivity contribution in [2.75, 3.05) is 13.7 Å². The Labute approximate surface area is 90.8 Å². The molecule has 1 aromatic carbocycles. The van der Waals surface area contributed by atoms with Crippen LogP contribution in [0.5, 0.6) is 5.75 Å². The average molecular weight is 217 g/mol. The summed E-state index contributed by atoms with van der Waals surface area (Å²) >= 11 is 0. The molecule has 0 saturated carbocycles. The Morgan fingerprint density at radius 3 is 2.71 bits per heavy atom. The Morgan fingerprint density at radius 1 is 1.43 bits per heavy atom. The zero-order chi connectivity index (χ0) is 9.68. The second-order valence-corrected chi connectivity index (χ2v) is 2.96. The summed E-state index contributed by atoms with van der Waals surface area (Å²) in [5.74, 6) is 0.838. The van der Waals surface area contributed by atoms with Gasteiger partial charge >= 0.3 is 0 Å². The maximum absolute atomic E-state index is 5.89. The fraction of sp³-hybridized carbons (Fsp3) is 0.400. The van der Waals surface area contributed by atoms with Crippen molar-refractivity contribution in [3.63, 3.8) is 0 Å². The SMILES string of the molecule is COc1cccc([C@@H](N)CCN)c1.Cl. The van der Waals surface area contributed by atoms with E-state index in [1.54, 1.807) is 7.11 Å². The van der Waals surface area contributed by atoms with Crippen LogP contribution in [0.2, 0.25) is 0 Å². The van der Waals surface area contributed by atoms with Crippen molar-refractivity contribution < 1.29 is 4.74 Å². The lowest BCUT2D eigenvalue weighted by Gasteiger charge is -2.11. The Hall–Kier alpha value is -0.770. The summed E-state index contributed by atoms with van der Waals surface area (Å²) in [6, 6.07) is 7.78. The highest BCUT2D eigenvalue weighted by Gasteiger charge is 2.04. The molecule has 1 atom stereocenters. The molecule has 0 bridgehead atoms. The summed E-state index contributed by atoms with van der Waals surface area (Å²) in [7, 11) is 1.65. The minimum Gasteiger partial charge on any atom is -0.497 e. The topological polar surface area (TPSA) is 61.3 Å². The molecule has 0 fully saturated rings. The molecular weight excluding hydrogens is 200 g/mol. The van der Waals surface area contributed by atoms with Gasteiger partial charge in [0.1, 0.15) is 5.75 Å². The highest BCUT2D eigenvalue weighted by molar-refractivity contribution is 5.85. The molecule has 0 aliphatic heterocycles.